The Kier molecular flexibility index (Phi) is 5.44. The molecule has 0 atom stereocenters. The van der Waals surface area contributed by atoms with Crippen LogP contribution in [0.5, 0.6) is 0 Å². The normalized spacial score (nSPS) is 25.6. The Morgan fingerprint density at radius 3 is 2.18 bits per heavy atom. The van der Waals surface area contributed by atoms with Crippen LogP contribution in [0.4, 0.5) is 0 Å². The Hall–Kier alpha value is -0.570. The molecule has 0 amide bonds. The molecule has 0 unspecified atom stereocenters. The topological polar surface area (TPSA) is 52.3 Å². The first kappa shape index (κ1) is 14.5. The first-order valence-electron chi connectivity index (χ1n) is 6.82. The zero-order chi connectivity index (χ0) is 12.9. The van der Waals surface area contributed by atoms with Gasteiger partial charge in [-0.1, -0.05) is 12.8 Å². The highest BCUT2D eigenvalue weighted by Crippen LogP contribution is 2.32. The molecule has 17 heavy (non-hydrogen) atoms. The molecule has 0 bridgehead atoms. The van der Waals surface area contributed by atoms with Gasteiger partial charge in [-0.25, -0.2) is 0 Å². The lowest BCUT2D eigenvalue weighted by molar-refractivity contribution is -0.156. The second-order valence-electron chi connectivity index (χ2n) is 6.25. The summed E-state index contributed by atoms with van der Waals surface area (Å²) >= 11 is 0. The fourth-order valence-corrected chi connectivity index (χ4v) is 2.58. The predicted octanol–water partition coefficient (Wildman–Crippen LogP) is 2.87. The smallest absolute Gasteiger partial charge is 0.306 e. The van der Waals surface area contributed by atoms with Gasteiger partial charge in [0.05, 0.1) is 0 Å². The number of hydrogen-bond acceptors (Lipinski definition) is 3. The molecule has 2 N–H and O–H groups in total. The molecule has 0 aromatic rings. The van der Waals surface area contributed by atoms with Gasteiger partial charge >= 0.3 is 5.97 Å². The number of hydrogen-bond donors (Lipinski definition) is 1. The molecule has 0 spiro atoms. The van der Waals surface area contributed by atoms with Gasteiger partial charge in [-0.2, -0.15) is 0 Å². The predicted molar refractivity (Wildman–Crippen MR) is 69.6 cm³/mol. The summed E-state index contributed by atoms with van der Waals surface area (Å²) < 4.78 is 5.36. The summed E-state index contributed by atoms with van der Waals surface area (Å²) in [5, 5.41) is 0. The number of carbonyl (C=O) groups is 1. The number of carbonyl (C=O) groups excluding carboxylic acids is 1. The van der Waals surface area contributed by atoms with Crippen LogP contribution < -0.4 is 5.73 Å². The van der Waals surface area contributed by atoms with Gasteiger partial charge in [0.15, 0.2) is 0 Å². The van der Waals surface area contributed by atoms with E-state index in [-0.39, 0.29) is 11.6 Å². The van der Waals surface area contributed by atoms with Gasteiger partial charge in [0.2, 0.25) is 0 Å². The summed E-state index contributed by atoms with van der Waals surface area (Å²) in [6, 6.07) is 0. The Morgan fingerprint density at radius 2 is 1.71 bits per heavy atom. The molecule has 3 nitrogen and oxygen atoms in total. The maximum atomic E-state index is 11.7. The number of ether oxygens (including phenoxy) is 1. The molecule has 100 valence electrons. The van der Waals surface area contributed by atoms with E-state index < -0.39 is 0 Å². The average Bonchev–Trinajstić information content (AvgIpc) is 2.18. The van der Waals surface area contributed by atoms with Gasteiger partial charge in [-0.3, -0.25) is 4.79 Å². The third-order valence-corrected chi connectivity index (χ3v) is 3.42. The standard InChI is InChI=1S/C14H27NO2/c1-14(2,3)17-13(16)10-12-6-4-11(5-7-12)8-9-15/h11-12H,4-10,15H2,1-3H3. The molecule has 0 aromatic carbocycles. The van der Waals surface area contributed by atoms with Crippen LogP contribution in [-0.4, -0.2) is 18.1 Å². The average molecular weight is 241 g/mol. The van der Waals surface area contributed by atoms with Gasteiger partial charge in [0.25, 0.3) is 0 Å². The van der Waals surface area contributed by atoms with Crippen LogP contribution in [-0.2, 0) is 9.53 Å². The number of esters is 1. The van der Waals surface area contributed by atoms with E-state index in [1.807, 2.05) is 20.8 Å². The van der Waals surface area contributed by atoms with Crippen LogP contribution in [0.15, 0.2) is 0 Å². The van der Waals surface area contributed by atoms with Crippen LogP contribution in [0.25, 0.3) is 0 Å². The second kappa shape index (κ2) is 6.39. The van der Waals surface area contributed by atoms with Crippen LogP contribution in [0.2, 0.25) is 0 Å². The van der Waals surface area contributed by atoms with Crippen molar-refractivity contribution in [3.05, 3.63) is 0 Å². The van der Waals surface area contributed by atoms with Gasteiger partial charge in [0.1, 0.15) is 5.60 Å². The Labute approximate surface area is 105 Å². The molecule has 1 fully saturated rings. The third-order valence-electron chi connectivity index (χ3n) is 3.42. The number of nitrogens with two attached hydrogens (primary N) is 1. The van der Waals surface area contributed by atoms with E-state index in [1.54, 1.807) is 0 Å². The molecule has 1 saturated carbocycles. The van der Waals surface area contributed by atoms with Crippen molar-refractivity contribution in [2.24, 2.45) is 17.6 Å². The molecule has 1 aliphatic carbocycles. The first-order valence-corrected chi connectivity index (χ1v) is 6.82. The van der Waals surface area contributed by atoms with E-state index in [0.29, 0.717) is 12.3 Å². The van der Waals surface area contributed by atoms with Gasteiger partial charge < -0.3 is 10.5 Å². The molecular formula is C14H27NO2. The summed E-state index contributed by atoms with van der Waals surface area (Å²) in [6.07, 6.45) is 6.49. The van der Waals surface area contributed by atoms with Crippen molar-refractivity contribution in [2.45, 2.75) is 64.9 Å². The summed E-state index contributed by atoms with van der Waals surface area (Å²) in [4.78, 5) is 11.7. The summed E-state index contributed by atoms with van der Waals surface area (Å²) in [7, 11) is 0. The van der Waals surface area contributed by atoms with Crippen LogP contribution in [0.3, 0.4) is 0 Å². The minimum Gasteiger partial charge on any atom is -0.460 e. The summed E-state index contributed by atoms with van der Waals surface area (Å²) in [5.74, 6) is 1.27. The molecule has 3 heteroatoms. The zero-order valence-corrected chi connectivity index (χ0v) is 11.5. The molecule has 0 aromatic heterocycles. The molecule has 0 aliphatic heterocycles. The first-order chi connectivity index (χ1) is 7.90. The van der Waals surface area contributed by atoms with Crippen molar-refractivity contribution < 1.29 is 9.53 Å². The van der Waals surface area contributed by atoms with Crippen molar-refractivity contribution in [3.8, 4) is 0 Å². The third kappa shape index (κ3) is 6.06. The highest BCUT2D eigenvalue weighted by atomic mass is 16.6. The molecule has 0 radical (unpaired) electrons. The van der Waals surface area contributed by atoms with E-state index in [4.69, 9.17) is 10.5 Å². The van der Waals surface area contributed by atoms with Gasteiger partial charge in [-0.15, -0.1) is 0 Å². The van der Waals surface area contributed by atoms with Crippen molar-refractivity contribution in [3.63, 3.8) is 0 Å². The lowest BCUT2D eigenvalue weighted by Crippen LogP contribution is -2.26. The van der Waals surface area contributed by atoms with Gasteiger partial charge in [0, 0.05) is 6.42 Å². The quantitative estimate of drug-likeness (QED) is 0.770. The molecular weight excluding hydrogens is 214 g/mol. The molecule has 0 heterocycles. The molecule has 1 aliphatic rings. The highest BCUT2D eigenvalue weighted by Gasteiger charge is 2.25. The monoisotopic (exact) mass is 241 g/mol. The second-order valence-corrected chi connectivity index (χ2v) is 6.25. The largest absolute Gasteiger partial charge is 0.460 e. The molecule has 1 rings (SSSR count). The van der Waals surface area contributed by atoms with E-state index in [1.165, 1.54) is 12.8 Å². The summed E-state index contributed by atoms with van der Waals surface area (Å²) in [6.45, 7) is 6.55. The zero-order valence-electron chi connectivity index (χ0n) is 11.5. The lowest BCUT2D eigenvalue weighted by atomic mass is 9.79. The highest BCUT2D eigenvalue weighted by molar-refractivity contribution is 5.70. The SMILES string of the molecule is CC(C)(C)OC(=O)CC1CCC(CCN)CC1. The van der Waals surface area contributed by atoms with Crippen LogP contribution >= 0.6 is 0 Å². The van der Waals surface area contributed by atoms with Crippen LogP contribution in [0.1, 0.15) is 59.3 Å². The van der Waals surface area contributed by atoms with Crippen molar-refractivity contribution in [2.75, 3.05) is 6.54 Å². The Morgan fingerprint density at radius 1 is 1.18 bits per heavy atom. The maximum Gasteiger partial charge on any atom is 0.306 e. The maximum absolute atomic E-state index is 11.7. The fraction of sp³-hybridized carbons (Fsp3) is 0.929. The van der Waals surface area contributed by atoms with E-state index in [2.05, 4.69) is 0 Å². The number of rotatable bonds is 4. The van der Waals surface area contributed by atoms with E-state index in [9.17, 15) is 4.79 Å². The Bertz CT molecular complexity index is 237. The van der Waals surface area contributed by atoms with Crippen molar-refractivity contribution in [1.29, 1.82) is 0 Å². The molecule has 0 saturated heterocycles. The summed E-state index contributed by atoms with van der Waals surface area (Å²) in [5.41, 5.74) is 5.22. The minimum absolute atomic E-state index is 0.0419. The van der Waals surface area contributed by atoms with Crippen molar-refractivity contribution in [1.82, 2.24) is 0 Å². The Balaban J connectivity index is 2.24. The van der Waals surface area contributed by atoms with E-state index in [0.717, 1.165) is 31.7 Å². The fourth-order valence-electron chi connectivity index (χ4n) is 2.58. The minimum atomic E-state index is -0.353. The van der Waals surface area contributed by atoms with Crippen molar-refractivity contribution >= 4 is 5.97 Å². The van der Waals surface area contributed by atoms with Crippen LogP contribution in [0, 0.1) is 11.8 Å². The lowest BCUT2D eigenvalue weighted by Gasteiger charge is -2.28. The van der Waals surface area contributed by atoms with Gasteiger partial charge in [-0.05, 0) is 58.4 Å². The van der Waals surface area contributed by atoms with E-state index >= 15 is 0 Å².